The highest BCUT2D eigenvalue weighted by Crippen LogP contribution is 2.58. The molecule has 8 aromatic rings. The second kappa shape index (κ2) is 15.8. The average Bonchev–Trinajstić information content (AvgIpc) is 3.74. The van der Waals surface area contributed by atoms with Crippen molar-refractivity contribution in [2.75, 3.05) is 4.90 Å². The third kappa shape index (κ3) is 6.70. The zero-order valence-electron chi connectivity index (χ0n) is 37.9. The van der Waals surface area contributed by atoms with Gasteiger partial charge in [0.25, 0.3) is 0 Å². The lowest BCUT2D eigenvalue weighted by atomic mass is 9.67. The summed E-state index contributed by atoms with van der Waals surface area (Å²) in [4.78, 5) is 2.46. The van der Waals surface area contributed by atoms with Crippen LogP contribution in [-0.4, -0.2) is 0 Å². The van der Waals surface area contributed by atoms with E-state index in [-0.39, 0.29) is 10.8 Å². The molecule has 0 spiro atoms. The van der Waals surface area contributed by atoms with Crippen molar-refractivity contribution < 1.29 is 0 Å². The van der Waals surface area contributed by atoms with Crippen LogP contribution in [0.2, 0.25) is 0 Å². The minimum absolute atomic E-state index is 0.0813. The molecule has 0 aromatic heterocycles. The summed E-state index contributed by atoms with van der Waals surface area (Å²) in [7, 11) is 0. The molecule has 0 aliphatic heterocycles. The maximum atomic E-state index is 4.00. The minimum atomic E-state index is -0.584. The summed E-state index contributed by atoms with van der Waals surface area (Å²) in [5.74, 6) is 0. The number of rotatable bonds is 9. The molecule has 0 saturated heterocycles. The maximum absolute atomic E-state index is 4.00. The Morgan fingerprint density at radius 3 is 1.61 bits per heavy atom. The van der Waals surface area contributed by atoms with Gasteiger partial charge in [0, 0.05) is 22.5 Å². The predicted octanol–water partition coefficient (Wildman–Crippen LogP) is 17.1. The van der Waals surface area contributed by atoms with Crippen LogP contribution < -0.4 is 4.90 Å². The fourth-order valence-electron chi connectivity index (χ4n) is 10.6. The summed E-state index contributed by atoms with van der Waals surface area (Å²) in [6.45, 7) is 17.9. The second-order valence-electron chi connectivity index (χ2n) is 19.1. The smallest absolute Gasteiger partial charge is 0.0674 e. The van der Waals surface area contributed by atoms with Gasteiger partial charge in [-0.2, -0.15) is 0 Å². The molecule has 0 fully saturated rings. The Balaban J connectivity index is 1.20. The van der Waals surface area contributed by atoms with E-state index >= 15 is 0 Å². The van der Waals surface area contributed by atoms with E-state index in [0.717, 1.165) is 17.1 Å². The number of allylic oxidation sites excluding steroid dienone is 5. The highest BCUT2D eigenvalue weighted by atomic mass is 15.1. The van der Waals surface area contributed by atoms with Crippen molar-refractivity contribution in [2.45, 2.75) is 57.8 Å². The monoisotopic (exact) mass is 825 g/mol. The van der Waals surface area contributed by atoms with Gasteiger partial charge in [0.15, 0.2) is 0 Å². The Bertz CT molecular complexity index is 3100. The molecule has 0 radical (unpaired) electrons. The van der Waals surface area contributed by atoms with Crippen molar-refractivity contribution >= 4 is 17.1 Å². The van der Waals surface area contributed by atoms with E-state index in [2.05, 4.69) is 253 Å². The molecule has 0 bridgehead atoms. The quantitative estimate of drug-likeness (QED) is 0.131. The Kier molecular flexibility index (Phi) is 10.1. The van der Waals surface area contributed by atoms with E-state index < -0.39 is 5.41 Å². The molecular formula is C63H55N. The first-order valence-corrected chi connectivity index (χ1v) is 22.6. The van der Waals surface area contributed by atoms with Crippen LogP contribution in [0.1, 0.15) is 74.9 Å². The molecule has 1 unspecified atom stereocenters. The van der Waals surface area contributed by atoms with Gasteiger partial charge in [-0.25, -0.2) is 0 Å². The van der Waals surface area contributed by atoms with Crippen molar-refractivity contribution in [2.24, 2.45) is 0 Å². The number of fused-ring (bicyclic) bond motifs is 6. The number of hydrogen-bond acceptors (Lipinski definition) is 1. The number of anilines is 3. The van der Waals surface area contributed by atoms with Crippen LogP contribution >= 0.6 is 0 Å². The molecule has 0 heterocycles. The summed E-state index contributed by atoms with van der Waals surface area (Å²) in [6.07, 6.45) is 8.29. The van der Waals surface area contributed by atoms with Crippen LogP contribution in [0.25, 0.3) is 44.5 Å². The summed E-state index contributed by atoms with van der Waals surface area (Å²) >= 11 is 0. The third-order valence-corrected chi connectivity index (χ3v) is 13.9. The highest BCUT2D eigenvalue weighted by Gasteiger charge is 2.46. The summed E-state index contributed by atoms with van der Waals surface area (Å²) < 4.78 is 0. The molecule has 2 aliphatic rings. The molecule has 1 nitrogen and oxygen atoms in total. The molecular weight excluding hydrogens is 771 g/mol. The molecule has 2 aliphatic carbocycles. The summed E-state index contributed by atoms with van der Waals surface area (Å²) in [5.41, 5.74) is 21.8. The lowest BCUT2D eigenvalue weighted by Gasteiger charge is -2.35. The van der Waals surface area contributed by atoms with Crippen LogP contribution in [0.4, 0.5) is 17.1 Å². The lowest BCUT2D eigenvalue weighted by Crippen LogP contribution is -2.29. The van der Waals surface area contributed by atoms with E-state index in [1.54, 1.807) is 0 Å². The van der Waals surface area contributed by atoms with Gasteiger partial charge in [0.05, 0.1) is 5.41 Å². The standard InChI is InChI=1S/C63H55N/c1-8-9-12-19-43(2)63(49-22-15-11-16-23-49)59-40-47(46-26-31-48(32-27-46)61(3,4)5)30-37-55(59)56-39-36-52(42-60(56)63)64(50-33-28-45(29-34-50)44-20-13-10-14-21-44)51-35-38-54-53-24-17-18-25-57(53)62(6,7)58(54)41-51/h8-42H,1H2,2-7H3/b12-9-,43-19+. The Morgan fingerprint density at radius 1 is 0.469 bits per heavy atom. The Morgan fingerprint density at radius 2 is 0.953 bits per heavy atom. The van der Waals surface area contributed by atoms with Gasteiger partial charge in [-0.1, -0.05) is 217 Å². The van der Waals surface area contributed by atoms with Crippen molar-refractivity contribution in [3.8, 4) is 44.5 Å². The zero-order chi connectivity index (χ0) is 44.2. The molecule has 64 heavy (non-hydrogen) atoms. The average molecular weight is 826 g/mol. The first-order valence-electron chi connectivity index (χ1n) is 22.6. The number of benzene rings is 8. The normalized spacial score (nSPS) is 15.9. The van der Waals surface area contributed by atoms with Gasteiger partial charge in [-0.15, -0.1) is 0 Å². The van der Waals surface area contributed by atoms with Gasteiger partial charge < -0.3 is 4.90 Å². The summed E-state index contributed by atoms with van der Waals surface area (Å²) in [5, 5.41) is 0. The van der Waals surface area contributed by atoms with Crippen LogP contribution in [0.3, 0.4) is 0 Å². The van der Waals surface area contributed by atoms with Crippen molar-refractivity contribution in [3.05, 3.63) is 258 Å². The fraction of sp³-hybridized carbons (Fsp3) is 0.143. The topological polar surface area (TPSA) is 3.24 Å². The van der Waals surface area contributed by atoms with E-state index in [1.807, 2.05) is 12.2 Å². The van der Waals surface area contributed by atoms with E-state index in [0.29, 0.717) is 0 Å². The van der Waals surface area contributed by atoms with E-state index in [1.165, 1.54) is 83.5 Å². The summed E-state index contributed by atoms with van der Waals surface area (Å²) in [6, 6.07) is 70.3. The SMILES string of the molecule is C=C/C=C\C=C(/C)C1(c2ccccc2)c2cc(-c3ccc(C(C)(C)C)cc3)ccc2-c2ccc(N(c3ccc(-c4ccccc4)cc3)c3ccc4c(c3)C(C)(C)c3ccccc3-4)cc21. The molecule has 10 rings (SSSR count). The Labute approximate surface area is 380 Å². The highest BCUT2D eigenvalue weighted by molar-refractivity contribution is 5.92. The molecule has 312 valence electrons. The maximum Gasteiger partial charge on any atom is 0.0674 e. The molecule has 8 aromatic carbocycles. The molecule has 0 N–H and O–H groups in total. The minimum Gasteiger partial charge on any atom is -0.310 e. The molecule has 1 atom stereocenters. The molecule has 0 saturated carbocycles. The fourth-order valence-corrected chi connectivity index (χ4v) is 10.6. The van der Waals surface area contributed by atoms with Gasteiger partial charge in [0.1, 0.15) is 0 Å². The lowest BCUT2D eigenvalue weighted by molar-refractivity contribution is 0.590. The van der Waals surface area contributed by atoms with E-state index in [4.69, 9.17) is 0 Å². The number of nitrogens with zero attached hydrogens (tertiary/aromatic N) is 1. The first kappa shape index (κ1) is 40.8. The molecule has 0 amide bonds. The van der Waals surface area contributed by atoms with Crippen molar-refractivity contribution in [1.82, 2.24) is 0 Å². The third-order valence-electron chi connectivity index (χ3n) is 13.9. The van der Waals surface area contributed by atoms with Crippen LogP contribution in [0, 0.1) is 0 Å². The van der Waals surface area contributed by atoms with Gasteiger partial charge in [-0.05, 0) is 133 Å². The second-order valence-corrected chi connectivity index (χ2v) is 19.1. The first-order chi connectivity index (χ1) is 31.0. The van der Waals surface area contributed by atoms with E-state index in [9.17, 15) is 0 Å². The number of hydrogen-bond donors (Lipinski definition) is 0. The van der Waals surface area contributed by atoms with Gasteiger partial charge >= 0.3 is 0 Å². The van der Waals surface area contributed by atoms with Gasteiger partial charge in [-0.3, -0.25) is 0 Å². The van der Waals surface area contributed by atoms with Crippen molar-refractivity contribution in [1.29, 1.82) is 0 Å². The van der Waals surface area contributed by atoms with Crippen LogP contribution in [0.5, 0.6) is 0 Å². The van der Waals surface area contributed by atoms with Crippen LogP contribution in [0.15, 0.2) is 225 Å². The van der Waals surface area contributed by atoms with Crippen LogP contribution in [-0.2, 0) is 16.2 Å². The Hall–Kier alpha value is -7.22. The zero-order valence-corrected chi connectivity index (χ0v) is 37.9. The predicted molar refractivity (Wildman–Crippen MR) is 273 cm³/mol. The molecule has 1 heteroatoms. The van der Waals surface area contributed by atoms with Gasteiger partial charge in [0.2, 0.25) is 0 Å². The van der Waals surface area contributed by atoms with Crippen molar-refractivity contribution in [3.63, 3.8) is 0 Å². The largest absolute Gasteiger partial charge is 0.310 e.